The Balaban J connectivity index is 0. The zero-order valence-electron chi connectivity index (χ0n) is 6.80. The Morgan fingerprint density at radius 3 is 2.33 bits per heavy atom. The molecule has 0 aromatic rings. The van der Waals surface area contributed by atoms with Gasteiger partial charge in [-0.05, 0) is 6.92 Å². The van der Waals surface area contributed by atoms with Crippen LogP contribution in [0.5, 0.6) is 0 Å². The number of rotatable bonds is 4. The Morgan fingerprint density at radius 2 is 2.08 bits per heavy atom. The van der Waals surface area contributed by atoms with Crippen LogP contribution in [0, 0.1) is 5.92 Å². The maximum Gasteiger partial charge on any atom is 0.314 e. The summed E-state index contributed by atoms with van der Waals surface area (Å²) >= 11 is 10.8. The lowest BCUT2D eigenvalue weighted by molar-refractivity contribution is -0.148. The topological polar surface area (TPSA) is 81.5 Å². The number of carbonyl (C=O) groups excluding carboxylic acids is 1. The van der Waals surface area contributed by atoms with E-state index in [2.05, 4.69) is 4.74 Å². The fraction of sp³-hybridized carbons (Fsp3) is 0.833. The molecule has 0 spiro atoms. The summed E-state index contributed by atoms with van der Waals surface area (Å²) in [7, 11) is 0. The van der Waals surface area contributed by atoms with Gasteiger partial charge in [-0.1, -0.05) is 0 Å². The van der Waals surface area contributed by atoms with Crippen LogP contribution in [0.2, 0.25) is 0 Å². The lowest BCUT2D eigenvalue weighted by Gasteiger charge is -2.12. The molecule has 0 fully saturated rings. The number of esters is 1. The highest BCUT2D eigenvalue weighted by Crippen LogP contribution is 2.15. The van der Waals surface area contributed by atoms with E-state index in [0.717, 1.165) is 0 Å². The molecule has 4 N–H and O–H groups in total. The van der Waals surface area contributed by atoms with Gasteiger partial charge in [0.1, 0.15) is 10.8 Å². The van der Waals surface area contributed by atoms with E-state index in [1.54, 1.807) is 6.92 Å². The SMILES string of the molecule is CCOC(=O)C(CO)C(Cl)Cl.N. The Bertz CT molecular complexity index is 132. The van der Waals surface area contributed by atoms with Gasteiger partial charge < -0.3 is 16.0 Å². The van der Waals surface area contributed by atoms with Gasteiger partial charge in [0.2, 0.25) is 0 Å². The largest absolute Gasteiger partial charge is 0.466 e. The Morgan fingerprint density at radius 1 is 1.58 bits per heavy atom. The molecule has 0 bridgehead atoms. The van der Waals surface area contributed by atoms with Crippen molar-refractivity contribution in [3.63, 3.8) is 0 Å². The summed E-state index contributed by atoms with van der Waals surface area (Å²) in [6.45, 7) is 1.54. The predicted octanol–water partition coefficient (Wildman–Crippen LogP) is 1.12. The van der Waals surface area contributed by atoms with Crippen LogP contribution in [-0.4, -0.2) is 29.1 Å². The third kappa shape index (κ3) is 4.77. The molecule has 0 aliphatic heterocycles. The van der Waals surface area contributed by atoms with Crippen molar-refractivity contribution in [2.75, 3.05) is 13.2 Å². The number of alkyl halides is 2. The van der Waals surface area contributed by atoms with Crippen LogP contribution >= 0.6 is 23.2 Å². The second-order valence-electron chi connectivity index (χ2n) is 1.88. The second kappa shape index (κ2) is 7.61. The molecule has 4 nitrogen and oxygen atoms in total. The molecule has 1 unspecified atom stereocenters. The standard InChI is InChI=1S/C6H10Cl2O3.H3N/c1-2-11-6(10)4(3-9)5(7)8;/h4-5,9H,2-3H2,1H3;1H3. The second-order valence-corrected chi connectivity index (χ2v) is 3.04. The molecule has 0 aromatic carbocycles. The number of carbonyl (C=O) groups is 1. The fourth-order valence-corrected chi connectivity index (χ4v) is 0.871. The molecule has 0 rings (SSSR count). The minimum atomic E-state index is -0.918. The average Bonchev–Trinajstić information content (AvgIpc) is 1.88. The van der Waals surface area contributed by atoms with Crippen LogP contribution in [0.4, 0.5) is 0 Å². The smallest absolute Gasteiger partial charge is 0.314 e. The van der Waals surface area contributed by atoms with Crippen molar-refractivity contribution >= 4 is 29.2 Å². The Hall–Kier alpha value is -0.0300. The van der Waals surface area contributed by atoms with E-state index in [1.807, 2.05) is 0 Å². The first-order valence-electron chi connectivity index (χ1n) is 3.19. The number of halogens is 2. The van der Waals surface area contributed by atoms with Crippen molar-refractivity contribution < 1.29 is 14.6 Å². The summed E-state index contributed by atoms with van der Waals surface area (Å²) in [6, 6.07) is 0. The van der Waals surface area contributed by atoms with Crippen LogP contribution in [0.25, 0.3) is 0 Å². The average molecular weight is 218 g/mol. The van der Waals surface area contributed by atoms with Gasteiger partial charge in [0.15, 0.2) is 0 Å². The first-order valence-corrected chi connectivity index (χ1v) is 4.06. The van der Waals surface area contributed by atoms with Gasteiger partial charge in [0.05, 0.1) is 13.2 Å². The molecular weight excluding hydrogens is 205 g/mol. The van der Waals surface area contributed by atoms with Crippen molar-refractivity contribution in [3.8, 4) is 0 Å². The fourth-order valence-electron chi connectivity index (χ4n) is 0.506. The molecular formula is C6H13Cl2NO3. The summed E-state index contributed by atoms with van der Waals surface area (Å²) in [5, 5.41) is 8.62. The quantitative estimate of drug-likeness (QED) is 0.547. The van der Waals surface area contributed by atoms with Gasteiger partial charge in [0.25, 0.3) is 0 Å². The Labute approximate surface area is 81.4 Å². The maximum absolute atomic E-state index is 10.9. The number of ether oxygens (including phenoxy) is 1. The zero-order chi connectivity index (χ0) is 8.85. The van der Waals surface area contributed by atoms with Crippen LogP contribution < -0.4 is 6.15 Å². The molecule has 0 radical (unpaired) electrons. The molecule has 0 amide bonds. The third-order valence-electron chi connectivity index (χ3n) is 1.09. The van der Waals surface area contributed by atoms with Crippen molar-refractivity contribution in [3.05, 3.63) is 0 Å². The van der Waals surface area contributed by atoms with Gasteiger partial charge in [-0.3, -0.25) is 4.79 Å². The van der Waals surface area contributed by atoms with E-state index < -0.39 is 23.3 Å². The van der Waals surface area contributed by atoms with E-state index in [9.17, 15) is 4.79 Å². The Kier molecular flexibility index (Phi) is 9.19. The number of aliphatic hydroxyl groups excluding tert-OH is 1. The zero-order valence-corrected chi connectivity index (χ0v) is 8.31. The highest BCUT2D eigenvalue weighted by atomic mass is 35.5. The maximum atomic E-state index is 10.9. The molecule has 0 heterocycles. The van der Waals surface area contributed by atoms with Gasteiger partial charge in [-0.25, -0.2) is 0 Å². The summed E-state index contributed by atoms with van der Waals surface area (Å²) < 4.78 is 4.59. The summed E-state index contributed by atoms with van der Waals surface area (Å²) in [6.07, 6.45) is 0. The molecule has 1 atom stereocenters. The lowest BCUT2D eigenvalue weighted by atomic mass is 10.2. The van der Waals surface area contributed by atoms with Crippen molar-refractivity contribution in [2.24, 2.45) is 5.92 Å². The van der Waals surface area contributed by atoms with E-state index in [4.69, 9.17) is 28.3 Å². The number of hydrogen-bond donors (Lipinski definition) is 2. The molecule has 74 valence electrons. The van der Waals surface area contributed by atoms with E-state index in [-0.39, 0.29) is 12.8 Å². The van der Waals surface area contributed by atoms with Crippen molar-refractivity contribution in [1.82, 2.24) is 6.15 Å². The van der Waals surface area contributed by atoms with E-state index in [0.29, 0.717) is 0 Å². The van der Waals surface area contributed by atoms with Crippen LogP contribution in [0.3, 0.4) is 0 Å². The van der Waals surface area contributed by atoms with Crippen LogP contribution in [0.15, 0.2) is 0 Å². The van der Waals surface area contributed by atoms with Gasteiger partial charge in [-0.2, -0.15) is 0 Å². The van der Waals surface area contributed by atoms with Gasteiger partial charge in [0, 0.05) is 0 Å². The van der Waals surface area contributed by atoms with E-state index >= 15 is 0 Å². The molecule has 0 saturated carbocycles. The molecule has 6 heteroatoms. The van der Waals surface area contributed by atoms with Crippen molar-refractivity contribution in [2.45, 2.75) is 11.8 Å². The highest BCUT2D eigenvalue weighted by Gasteiger charge is 2.25. The summed E-state index contributed by atoms with van der Waals surface area (Å²) in [4.78, 5) is 9.95. The van der Waals surface area contributed by atoms with E-state index in [1.165, 1.54) is 0 Å². The third-order valence-corrected chi connectivity index (χ3v) is 1.70. The molecule has 12 heavy (non-hydrogen) atoms. The minimum absolute atomic E-state index is 0. The van der Waals surface area contributed by atoms with Gasteiger partial charge in [-0.15, -0.1) is 23.2 Å². The monoisotopic (exact) mass is 217 g/mol. The minimum Gasteiger partial charge on any atom is -0.466 e. The van der Waals surface area contributed by atoms with Crippen molar-refractivity contribution in [1.29, 1.82) is 0 Å². The molecule has 0 aromatic heterocycles. The predicted molar refractivity (Wildman–Crippen MR) is 47.7 cm³/mol. The normalized spacial score (nSPS) is 12.1. The number of aliphatic hydroxyl groups is 1. The summed E-state index contributed by atoms with van der Waals surface area (Å²) in [5.41, 5.74) is 0. The molecule has 0 aliphatic rings. The summed E-state index contributed by atoms with van der Waals surface area (Å²) in [5.74, 6) is -1.40. The number of hydrogen-bond acceptors (Lipinski definition) is 4. The molecule has 0 saturated heterocycles. The first-order chi connectivity index (χ1) is 5.13. The van der Waals surface area contributed by atoms with Crippen LogP contribution in [0.1, 0.15) is 6.92 Å². The lowest BCUT2D eigenvalue weighted by Crippen LogP contribution is -2.26. The van der Waals surface area contributed by atoms with Crippen LogP contribution in [-0.2, 0) is 9.53 Å². The first kappa shape index (κ1) is 14.5. The molecule has 0 aliphatic carbocycles. The highest BCUT2D eigenvalue weighted by molar-refractivity contribution is 6.45. The van der Waals surface area contributed by atoms with Gasteiger partial charge >= 0.3 is 5.97 Å².